The summed E-state index contributed by atoms with van der Waals surface area (Å²) < 4.78 is 11.8. The second kappa shape index (κ2) is 7.75. The number of ether oxygens (including phenoxy) is 2. The Hall–Kier alpha value is -2.68. The molecule has 2 heterocycles. The standard InChI is InChI=1S/C18H24ClN5O4/c1-8-9-23(15(25)27-17(2,3)4)14-21-12(19)11-13(22-14)24(10-20-11)16(26)28-18(5,6)7/h8,10H,1,9H2,2-7H3. The zero-order chi connectivity index (χ0) is 21.3. The number of carbonyl (C=O) groups is 2. The van der Waals surface area contributed by atoms with Crippen LogP contribution in [0.25, 0.3) is 11.2 Å². The molecule has 2 aromatic heterocycles. The van der Waals surface area contributed by atoms with Crippen LogP contribution in [0.1, 0.15) is 41.5 Å². The van der Waals surface area contributed by atoms with Crippen LogP contribution in [0.2, 0.25) is 5.15 Å². The highest BCUT2D eigenvalue weighted by Crippen LogP contribution is 2.24. The highest BCUT2D eigenvalue weighted by atomic mass is 35.5. The molecule has 9 nitrogen and oxygen atoms in total. The third-order valence-corrected chi connectivity index (χ3v) is 3.36. The summed E-state index contributed by atoms with van der Waals surface area (Å²) in [7, 11) is 0. The Morgan fingerprint density at radius 3 is 2.32 bits per heavy atom. The molecule has 0 aromatic carbocycles. The van der Waals surface area contributed by atoms with Crippen molar-refractivity contribution in [2.75, 3.05) is 11.4 Å². The lowest BCUT2D eigenvalue weighted by atomic mass is 10.2. The van der Waals surface area contributed by atoms with Crippen molar-refractivity contribution in [3.05, 3.63) is 24.1 Å². The van der Waals surface area contributed by atoms with Crippen LogP contribution >= 0.6 is 11.6 Å². The highest BCUT2D eigenvalue weighted by molar-refractivity contribution is 6.33. The Morgan fingerprint density at radius 2 is 1.79 bits per heavy atom. The van der Waals surface area contributed by atoms with Gasteiger partial charge in [-0.15, -0.1) is 6.58 Å². The maximum Gasteiger partial charge on any atom is 0.421 e. The van der Waals surface area contributed by atoms with E-state index < -0.39 is 23.4 Å². The summed E-state index contributed by atoms with van der Waals surface area (Å²) in [4.78, 5) is 38.7. The van der Waals surface area contributed by atoms with E-state index in [2.05, 4.69) is 21.5 Å². The minimum atomic E-state index is -0.720. The Bertz CT molecular complexity index is 911. The van der Waals surface area contributed by atoms with Gasteiger partial charge in [0.2, 0.25) is 5.95 Å². The van der Waals surface area contributed by atoms with E-state index in [1.54, 1.807) is 41.5 Å². The van der Waals surface area contributed by atoms with E-state index in [1.165, 1.54) is 12.4 Å². The number of aromatic nitrogens is 4. The van der Waals surface area contributed by atoms with Crippen molar-refractivity contribution < 1.29 is 19.1 Å². The van der Waals surface area contributed by atoms with Gasteiger partial charge in [0.25, 0.3) is 0 Å². The summed E-state index contributed by atoms with van der Waals surface area (Å²) in [5.41, 5.74) is -1.11. The maximum atomic E-state index is 12.6. The fraction of sp³-hybridized carbons (Fsp3) is 0.500. The van der Waals surface area contributed by atoms with Crippen LogP contribution < -0.4 is 4.90 Å². The van der Waals surface area contributed by atoms with Gasteiger partial charge in [-0.25, -0.2) is 24.0 Å². The average molecular weight is 410 g/mol. The lowest BCUT2D eigenvalue weighted by Gasteiger charge is -2.25. The molecule has 0 spiro atoms. The van der Waals surface area contributed by atoms with Gasteiger partial charge in [0, 0.05) is 0 Å². The van der Waals surface area contributed by atoms with Gasteiger partial charge >= 0.3 is 12.2 Å². The molecule has 0 N–H and O–H groups in total. The van der Waals surface area contributed by atoms with Crippen molar-refractivity contribution in [1.29, 1.82) is 0 Å². The highest BCUT2D eigenvalue weighted by Gasteiger charge is 2.27. The molecule has 0 atom stereocenters. The Morgan fingerprint density at radius 1 is 1.18 bits per heavy atom. The predicted molar refractivity (Wildman–Crippen MR) is 106 cm³/mol. The fourth-order valence-electron chi connectivity index (χ4n) is 2.10. The lowest BCUT2D eigenvalue weighted by Crippen LogP contribution is -2.38. The summed E-state index contributed by atoms with van der Waals surface area (Å²) >= 11 is 6.21. The van der Waals surface area contributed by atoms with Crippen LogP contribution in [0.4, 0.5) is 15.5 Å². The first kappa shape index (κ1) is 21.6. The Balaban J connectivity index is 2.52. The molecule has 2 rings (SSSR count). The first-order chi connectivity index (χ1) is 12.8. The minimum Gasteiger partial charge on any atom is -0.443 e. The van der Waals surface area contributed by atoms with E-state index in [0.717, 1.165) is 9.47 Å². The topological polar surface area (TPSA) is 99.4 Å². The van der Waals surface area contributed by atoms with Crippen LogP contribution in [0.3, 0.4) is 0 Å². The molecule has 0 unspecified atom stereocenters. The van der Waals surface area contributed by atoms with Gasteiger partial charge in [-0.3, -0.25) is 0 Å². The SMILES string of the molecule is C=CCN(C(=O)OC(C)(C)C)c1nc(Cl)c2ncn(C(=O)OC(C)(C)C)c2n1. The molecular weight excluding hydrogens is 386 g/mol. The second-order valence-corrected chi connectivity index (χ2v) is 8.32. The Labute approximate surface area is 168 Å². The van der Waals surface area contributed by atoms with Crippen molar-refractivity contribution in [3.8, 4) is 0 Å². The van der Waals surface area contributed by atoms with Crippen molar-refractivity contribution in [2.24, 2.45) is 0 Å². The predicted octanol–water partition coefficient (Wildman–Crippen LogP) is 4.19. The summed E-state index contributed by atoms with van der Waals surface area (Å²) in [5.74, 6) is -0.0445. The molecule has 152 valence electrons. The Kier molecular flexibility index (Phi) is 5.98. The largest absolute Gasteiger partial charge is 0.443 e. The summed E-state index contributed by atoms with van der Waals surface area (Å²) in [5, 5.41) is -0.0140. The van der Waals surface area contributed by atoms with E-state index in [0.29, 0.717) is 0 Å². The number of imidazole rings is 1. The lowest BCUT2D eigenvalue weighted by molar-refractivity contribution is 0.0541. The van der Waals surface area contributed by atoms with Crippen molar-refractivity contribution >= 4 is 40.9 Å². The number of nitrogens with zero attached hydrogens (tertiary/aromatic N) is 5. The van der Waals surface area contributed by atoms with Crippen molar-refractivity contribution in [3.63, 3.8) is 0 Å². The van der Waals surface area contributed by atoms with Crippen LogP contribution in [0, 0.1) is 0 Å². The van der Waals surface area contributed by atoms with E-state index in [4.69, 9.17) is 21.1 Å². The number of halogens is 1. The van der Waals surface area contributed by atoms with Crippen LogP contribution in [0.15, 0.2) is 19.0 Å². The van der Waals surface area contributed by atoms with E-state index in [-0.39, 0.29) is 28.8 Å². The van der Waals surface area contributed by atoms with Gasteiger partial charge in [0.15, 0.2) is 10.8 Å². The number of anilines is 1. The number of fused-ring (bicyclic) bond motifs is 1. The minimum absolute atomic E-state index is 0.0140. The van der Waals surface area contributed by atoms with Crippen LogP contribution in [0.5, 0.6) is 0 Å². The number of hydrogen-bond acceptors (Lipinski definition) is 7. The van der Waals surface area contributed by atoms with Crippen LogP contribution in [-0.2, 0) is 9.47 Å². The number of carbonyl (C=O) groups excluding carboxylic acids is 2. The normalized spacial score (nSPS) is 12.0. The monoisotopic (exact) mass is 409 g/mol. The van der Waals surface area contributed by atoms with Gasteiger partial charge in [0.05, 0.1) is 6.54 Å². The molecule has 0 saturated heterocycles. The maximum absolute atomic E-state index is 12.6. The van der Waals surface area contributed by atoms with E-state index in [1.807, 2.05) is 0 Å². The molecule has 1 amide bonds. The van der Waals surface area contributed by atoms with Crippen molar-refractivity contribution in [2.45, 2.75) is 52.7 Å². The average Bonchev–Trinajstić information content (AvgIpc) is 2.93. The molecule has 0 fully saturated rings. The van der Waals surface area contributed by atoms with Gasteiger partial charge in [0.1, 0.15) is 23.0 Å². The van der Waals surface area contributed by atoms with E-state index >= 15 is 0 Å². The van der Waals surface area contributed by atoms with Crippen molar-refractivity contribution in [1.82, 2.24) is 19.5 Å². The molecular formula is C18H24ClN5O4. The van der Waals surface area contributed by atoms with Gasteiger partial charge < -0.3 is 9.47 Å². The van der Waals surface area contributed by atoms with E-state index in [9.17, 15) is 9.59 Å². The van der Waals surface area contributed by atoms with Gasteiger partial charge in [-0.2, -0.15) is 9.97 Å². The third kappa shape index (κ3) is 5.19. The molecule has 0 aliphatic rings. The number of amides is 1. The van der Waals surface area contributed by atoms with Gasteiger partial charge in [-0.05, 0) is 41.5 Å². The number of rotatable bonds is 3. The molecule has 0 aliphatic heterocycles. The quantitative estimate of drug-likeness (QED) is 0.553. The molecule has 10 heteroatoms. The molecule has 0 radical (unpaired) electrons. The van der Waals surface area contributed by atoms with Gasteiger partial charge in [-0.1, -0.05) is 17.7 Å². The van der Waals surface area contributed by atoms with Crippen LogP contribution in [-0.4, -0.2) is 49.5 Å². The zero-order valence-electron chi connectivity index (χ0n) is 16.8. The molecule has 0 bridgehead atoms. The molecule has 2 aromatic rings. The first-order valence-corrected chi connectivity index (χ1v) is 8.95. The number of hydrogen-bond donors (Lipinski definition) is 0. The molecule has 0 saturated carbocycles. The molecule has 28 heavy (non-hydrogen) atoms. The zero-order valence-corrected chi connectivity index (χ0v) is 17.6. The smallest absolute Gasteiger partial charge is 0.421 e. The summed E-state index contributed by atoms with van der Waals surface area (Å²) in [6.07, 6.45) is 1.39. The fourth-order valence-corrected chi connectivity index (χ4v) is 2.31. The molecule has 0 aliphatic carbocycles. The summed E-state index contributed by atoms with van der Waals surface area (Å²) in [6, 6.07) is 0. The third-order valence-electron chi connectivity index (χ3n) is 3.10. The second-order valence-electron chi connectivity index (χ2n) is 7.96. The first-order valence-electron chi connectivity index (χ1n) is 8.58. The summed E-state index contributed by atoms with van der Waals surface area (Å²) in [6.45, 7) is 14.2.